The number of nitrogens with one attached hydrogen (secondary N) is 3. The van der Waals surface area contributed by atoms with Crippen molar-refractivity contribution in [3.05, 3.63) is 74.7 Å². The number of carbonyl (C=O) groups is 2. The highest BCUT2D eigenvalue weighted by Gasteiger charge is 2.11. The standard InChI is InChI=1S/C23H25ClN4O3S/c1-15-10-16(2)12-19(11-15)31-13-21-28-20(14-32-21)22(29)25-8-3-9-26-23(30)27-18-6-4-17(24)5-7-18/h4-7,10-12,14H,3,8-9,13H2,1-2H3,(H,25,29)(H2,26,27,30). The van der Waals surface area contributed by atoms with Gasteiger partial charge in [0.2, 0.25) is 0 Å². The molecule has 9 heteroatoms. The van der Waals surface area contributed by atoms with Gasteiger partial charge >= 0.3 is 6.03 Å². The van der Waals surface area contributed by atoms with Crippen molar-refractivity contribution in [3.8, 4) is 5.75 Å². The predicted molar refractivity (Wildman–Crippen MR) is 128 cm³/mol. The van der Waals surface area contributed by atoms with Gasteiger partial charge < -0.3 is 20.7 Å². The SMILES string of the molecule is Cc1cc(C)cc(OCc2nc(C(=O)NCCCNC(=O)Nc3ccc(Cl)cc3)cs2)c1. The van der Waals surface area contributed by atoms with Crippen LogP contribution in [0.3, 0.4) is 0 Å². The minimum atomic E-state index is -0.313. The fraction of sp³-hybridized carbons (Fsp3) is 0.261. The Labute approximate surface area is 196 Å². The van der Waals surface area contributed by atoms with Crippen molar-refractivity contribution >= 4 is 40.6 Å². The molecule has 3 amide bonds. The van der Waals surface area contributed by atoms with Gasteiger partial charge in [-0.25, -0.2) is 9.78 Å². The van der Waals surface area contributed by atoms with E-state index in [1.165, 1.54) is 11.3 Å². The number of benzene rings is 2. The maximum absolute atomic E-state index is 12.3. The van der Waals surface area contributed by atoms with Crippen LogP contribution in [0.1, 0.15) is 33.0 Å². The molecular formula is C23H25ClN4O3S. The number of ether oxygens (including phenoxy) is 1. The molecule has 0 atom stereocenters. The maximum Gasteiger partial charge on any atom is 0.319 e. The molecule has 3 rings (SSSR count). The van der Waals surface area contributed by atoms with E-state index in [4.69, 9.17) is 16.3 Å². The normalized spacial score (nSPS) is 10.5. The summed E-state index contributed by atoms with van der Waals surface area (Å²) in [5, 5.41) is 11.3. The number of hydrogen-bond acceptors (Lipinski definition) is 5. The Morgan fingerprint density at radius 3 is 2.44 bits per heavy atom. The van der Waals surface area contributed by atoms with Gasteiger partial charge in [0.15, 0.2) is 0 Å². The third-order valence-electron chi connectivity index (χ3n) is 4.37. The first-order chi connectivity index (χ1) is 15.4. The van der Waals surface area contributed by atoms with Crippen molar-refractivity contribution in [3.63, 3.8) is 0 Å². The summed E-state index contributed by atoms with van der Waals surface area (Å²) in [6.45, 7) is 5.20. The number of anilines is 1. The molecule has 0 spiro atoms. The Balaban J connectivity index is 1.34. The van der Waals surface area contributed by atoms with Gasteiger partial charge in [0.1, 0.15) is 23.1 Å². The number of nitrogens with zero attached hydrogens (tertiary/aromatic N) is 1. The van der Waals surface area contributed by atoms with E-state index in [1.54, 1.807) is 29.6 Å². The molecule has 0 aliphatic heterocycles. The maximum atomic E-state index is 12.3. The summed E-state index contributed by atoms with van der Waals surface area (Å²) in [4.78, 5) is 28.5. The molecule has 0 fully saturated rings. The number of thiazole rings is 1. The first-order valence-corrected chi connectivity index (χ1v) is 11.4. The lowest BCUT2D eigenvalue weighted by molar-refractivity contribution is 0.0948. The lowest BCUT2D eigenvalue weighted by atomic mass is 10.1. The Kier molecular flexibility index (Phi) is 8.47. The molecule has 1 heterocycles. The smallest absolute Gasteiger partial charge is 0.319 e. The van der Waals surface area contributed by atoms with Gasteiger partial charge in [0.25, 0.3) is 5.91 Å². The molecule has 0 aliphatic rings. The van der Waals surface area contributed by atoms with Crippen LogP contribution in [0.4, 0.5) is 10.5 Å². The van der Waals surface area contributed by atoms with E-state index in [0.29, 0.717) is 42.5 Å². The quantitative estimate of drug-likeness (QED) is 0.385. The number of hydrogen-bond donors (Lipinski definition) is 3. The molecule has 168 valence electrons. The summed E-state index contributed by atoms with van der Waals surface area (Å²) >= 11 is 7.20. The molecule has 0 saturated carbocycles. The van der Waals surface area contributed by atoms with E-state index in [-0.39, 0.29) is 11.9 Å². The second-order valence-corrected chi connectivity index (χ2v) is 8.61. The van der Waals surface area contributed by atoms with E-state index in [1.807, 2.05) is 26.0 Å². The number of carbonyl (C=O) groups excluding carboxylic acids is 2. The second kappa shape index (κ2) is 11.5. The molecule has 3 N–H and O–H groups in total. The van der Waals surface area contributed by atoms with Crippen LogP contribution in [0.25, 0.3) is 0 Å². The Morgan fingerprint density at radius 1 is 1.03 bits per heavy atom. The molecule has 3 aromatic rings. The number of rotatable bonds is 9. The van der Waals surface area contributed by atoms with Crippen LogP contribution in [-0.2, 0) is 6.61 Å². The Bertz CT molecular complexity index is 1050. The van der Waals surface area contributed by atoms with Crippen LogP contribution in [0.2, 0.25) is 5.02 Å². The van der Waals surface area contributed by atoms with Gasteiger partial charge in [-0.15, -0.1) is 11.3 Å². The molecule has 0 unspecified atom stereocenters. The van der Waals surface area contributed by atoms with Gasteiger partial charge in [-0.05, 0) is 67.8 Å². The topological polar surface area (TPSA) is 92.3 Å². The minimum absolute atomic E-state index is 0.246. The highest BCUT2D eigenvalue weighted by molar-refractivity contribution is 7.09. The third kappa shape index (κ3) is 7.55. The van der Waals surface area contributed by atoms with Crippen molar-refractivity contribution in [2.24, 2.45) is 0 Å². The van der Waals surface area contributed by atoms with E-state index < -0.39 is 0 Å². The predicted octanol–water partition coefficient (Wildman–Crippen LogP) is 4.93. The van der Waals surface area contributed by atoms with Crippen LogP contribution in [-0.4, -0.2) is 30.0 Å². The number of aromatic nitrogens is 1. The summed E-state index contributed by atoms with van der Waals surface area (Å²) in [7, 11) is 0. The molecule has 2 aromatic carbocycles. The van der Waals surface area contributed by atoms with E-state index in [0.717, 1.165) is 21.9 Å². The largest absolute Gasteiger partial charge is 0.486 e. The summed E-state index contributed by atoms with van der Waals surface area (Å²) in [5.41, 5.74) is 3.29. The number of amides is 3. The van der Waals surface area contributed by atoms with Crippen LogP contribution in [0, 0.1) is 13.8 Å². The van der Waals surface area contributed by atoms with Crippen LogP contribution in [0.15, 0.2) is 47.8 Å². The summed E-state index contributed by atoms with van der Waals surface area (Å²) in [6.07, 6.45) is 0.590. The van der Waals surface area contributed by atoms with Crippen molar-refractivity contribution in [1.29, 1.82) is 0 Å². The van der Waals surface area contributed by atoms with Gasteiger partial charge in [-0.3, -0.25) is 4.79 Å². The van der Waals surface area contributed by atoms with Crippen molar-refractivity contribution in [1.82, 2.24) is 15.6 Å². The van der Waals surface area contributed by atoms with Gasteiger partial charge in [0.05, 0.1) is 0 Å². The molecule has 7 nitrogen and oxygen atoms in total. The summed E-state index contributed by atoms with van der Waals surface area (Å²) < 4.78 is 5.79. The first-order valence-electron chi connectivity index (χ1n) is 10.1. The van der Waals surface area contributed by atoms with E-state index in [9.17, 15) is 9.59 Å². The molecule has 32 heavy (non-hydrogen) atoms. The molecular weight excluding hydrogens is 448 g/mol. The van der Waals surface area contributed by atoms with Crippen molar-refractivity contribution in [2.45, 2.75) is 26.9 Å². The van der Waals surface area contributed by atoms with Gasteiger partial charge in [-0.2, -0.15) is 0 Å². The summed E-state index contributed by atoms with van der Waals surface area (Å²) in [6, 6.07) is 12.6. The van der Waals surface area contributed by atoms with Crippen molar-refractivity contribution in [2.75, 3.05) is 18.4 Å². The zero-order valence-corrected chi connectivity index (χ0v) is 19.5. The fourth-order valence-electron chi connectivity index (χ4n) is 2.93. The Hall–Kier alpha value is -3.10. The lowest BCUT2D eigenvalue weighted by Gasteiger charge is -2.08. The van der Waals surface area contributed by atoms with E-state index in [2.05, 4.69) is 27.0 Å². The fourth-order valence-corrected chi connectivity index (χ4v) is 3.75. The zero-order valence-electron chi connectivity index (χ0n) is 17.9. The summed E-state index contributed by atoms with van der Waals surface area (Å²) in [5.74, 6) is 0.542. The van der Waals surface area contributed by atoms with Crippen LogP contribution >= 0.6 is 22.9 Å². The minimum Gasteiger partial charge on any atom is -0.486 e. The van der Waals surface area contributed by atoms with Crippen LogP contribution in [0.5, 0.6) is 5.75 Å². The Morgan fingerprint density at radius 2 is 1.72 bits per heavy atom. The molecule has 0 saturated heterocycles. The average molecular weight is 473 g/mol. The second-order valence-electron chi connectivity index (χ2n) is 7.24. The monoisotopic (exact) mass is 472 g/mol. The molecule has 0 aliphatic carbocycles. The zero-order chi connectivity index (χ0) is 22.9. The van der Waals surface area contributed by atoms with Gasteiger partial charge in [-0.1, -0.05) is 17.7 Å². The van der Waals surface area contributed by atoms with E-state index >= 15 is 0 Å². The first kappa shape index (κ1) is 23.6. The van der Waals surface area contributed by atoms with Crippen molar-refractivity contribution < 1.29 is 14.3 Å². The number of urea groups is 1. The molecule has 1 aromatic heterocycles. The lowest BCUT2D eigenvalue weighted by Crippen LogP contribution is -2.32. The van der Waals surface area contributed by atoms with Crippen LogP contribution < -0.4 is 20.7 Å². The molecule has 0 radical (unpaired) electrons. The van der Waals surface area contributed by atoms with Gasteiger partial charge in [0, 0.05) is 29.2 Å². The average Bonchev–Trinajstić information content (AvgIpc) is 3.22. The third-order valence-corrected chi connectivity index (χ3v) is 5.44. The highest BCUT2D eigenvalue weighted by Crippen LogP contribution is 2.19. The highest BCUT2D eigenvalue weighted by atomic mass is 35.5. The number of aryl methyl sites for hydroxylation is 2. The molecule has 0 bridgehead atoms. The number of halogens is 1.